The number of thiazole rings is 1. The summed E-state index contributed by atoms with van der Waals surface area (Å²) < 4.78 is 0. The molecule has 0 aliphatic carbocycles. The standard InChI is InChI=1S/C17H13N3OS2/c18-16-15(13(21)9-20(16)11-5-2-1-3-6-11)17-19-12(10-23-17)14-7-4-8-22-14/h1-8,10,18,21H,9H2. The van der Waals surface area contributed by atoms with E-state index in [4.69, 9.17) is 5.41 Å². The molecule has 0 saturated heterocycles. The maximum absolute atomic E-state index is 10.4. The lowest BCUT2D eigenvalue weighted by atomic mass is 10.2. The first-order valence-corrected chi connectivity index (χ1v) is 8.83. The molecule has 0 bridgehead atoms. The smallest absolute Gasteiger partial charge is 0.139 e. The molecular weight excluding hydrogens is 326 g/mol. The van der Waals surface area contributed by atoms with Gasteiger partial charge in [0.15, 0.2) is 0 Å². The van der Waals surface area contributed by atoms with Crippen molar-refractivity contribution in [3.05, 3.63) is 64.0 Å². The summed E-state index contributed by atoms with van der Waals surface area (Å²) in [5, 5.41) is 23.5. The van der Waals surface area contributed by atoms with Crippen molar-refractivity contribution in [1.29, 1.82) is 5.41 Å². The van der Waals surface area contributed by atoms with Gasteiger partial charge in [0.25, 0.3) is 0 Å². The quantitative estimate of drug-likeness (QED) is 0.731. The lowest BCUT2D eigenvalue weighted by Crippen LogP contribution is -2.25. The zero-order valence-electron chi connectivity index (χ0n) is 12.1. The molecule has 0 amide bonds. The van der Waals surface area contributed by atoms with Crippen molar-refractivity contribution >= 4 is 39.8 Å². The van der Waals surface area contributed by atoms with Gasteiger partial charge in [-0.25, -0.2) is 4.98 Å². The minimum absolute atomic E-state index is 0.200. The van der Waals surface area contributed by atoms with Gasteiger partial charge in [-0.05, 0) is 23.6 Å². The fraction of sp³-hybridized carbons (Fsp3) is 0.0588. The third-order valence-corrected chi connectivity index (χ3v) is 5.41. The Hall–Kier alpha value is -2.44. The molecule has 0 spiro atoms. The first kappa shape index (κ1) is 14.2. The highest BCUT2D eigenvalue weighted by Crippen LogP contribution is 2.35. The molecule has 0 saturated carbocycles. The lowest BCUT2D eigenvalue weighted by molar-refractivity contribution is 0.411. The van der Waals surface area contributed by atoms with Crippen LogP contribution in [-0.4, -0.2) is 22.5 Å². The summed E-state index contributed by atoms with van der Waals surface area (Å²) in [5.41, 5.74) is 2.32. The van der Waals surface area contributed by atoms with Crippen molar-refractivity contribution in [3.8, 4) is 10.6 Å². The van der Waals surface area contributed by atoms with Crippen LogP contribution in [0.1, 0.15) is 5.01 Å². The van der Waals surface area contributed by atoms with Crippen LogP contribution in [0.4, 0.5) is 5.69 Å². The van der Waals surface area contributed by atoms with Crippen LogP contribution in [0.2, 0.25) is 0 Å². The van der Waals surface area contributed by atoms with Crippen LogP contribution in [0.3, 0.4) is 0 Å². The predicted molar refractivity (Wildman–Crippen MR) is 96.5 cm³/mol. The van der Waals surface area contributed by atoms with Crippen LogP contribution in [-0.2, 0) is 0 Å². The Morgan fingerprint density at radius 2 is 1.91 bits per heavy atom. The highest BCUT2D eigenvalue weighted by molar-refractivity contribution is 7.14. The van der Waals surface area contributed by atoms with Gasteiger partial charge < -0.3 is 10.0 Å². The summed E-state index contributed by atoms with van der Waals surface area (Å²) in [7, 11) is 0. The fourth-order valence-corrected chi connectivity index (χ4v) is 4.21. The van der Waals surface area contributed by atoms with E-state index < -0.39 is 0 Å². The number of rotatable bonds is 3. The molecule has 23 heavy (non-hydrogen) atoms. The third kappa shape index (κ3) is 2.46. The number of aliphatic hydroxyl groups is 1. The van der Waals surface area contributed by atoms with Crippen molar-refractivity contribution in [2.45, 2.75) is 0 Å². The van der Waals surface area contributed by atoms with Crippen LogP contribution in [0, 0.1) is 5.41 Å². The summed E-state index contributed by atoms with van der Waals surface area (Å²) >= 11 is 3.09. The fourth-order valence-electron chi connectivity index (χ4n) is 2.56. The summed E-state index contributed by atoms with van der Waals surface area (Å²) in [4.78, 5) is 7.49. The first-order chi connectivity index (χ1) is 11.2. The molecule has 0 fully saturated rings. The highest BCUT2D eigenvalue weighted by atomic mass is 32.1. The molecule has 1 aliphatic heterocycles. The number of aromatic nitrogens is 1. The number of aliphatic hydroxyl groups excluding tert-OH is 1. The molecule has 2 N–H and O–H groups in total. The SMILES string of the molecule is N=C1C(c2nc(-c3cccs3)cs2)=C(O)CN1c1ccccc1. The van der Waals surface area contributed by atoms with Gasteiger partial charge in [-0.15, -0.1) is 22.7 Å². The summed E-state index contributed by atoms with van der Waals surface area (Å²) in [6.45, 7) is 0.312. The molecule has 1 aliphatic rings. The lowest BCUT2D eigenvalue weighted by Gasteiger charge is -2.18. The van der Waals surface area contributed by atoms with Gasteiger partial charge in [0.2, 0.25) is 0 Å². The number of hydrogen-bond acceptors (Lipinski definition) is 5. The van der Waals surface area contributed by atoms with Gasteiger partial charge in [0.05, 0.1) is 22.7 Å². The van der Waals surface area contributed by atoms with Gasteiger partial charge in [0, 0.05) is 11.1 Å². The molecule has 1 aromatic carbocycles. The van der Waals surface area contributed by atoms with E-state index in [1.165, 1.54) is 11.3 Å². The summed E-state index contributed by atoms with van der Waals surface area (Å²) in [5.74, 6) is 0.492. The van der Waals surface area contributed by atoms with Crippen LogP contribution in [0.5, 0.6) is 0 Å². The maximum Gasteiger partial charge on any atom is 0.139 e. The minimum Gasteiger partial charge on any atom is -0.510 e. The largest absolute Gasteiger partial charge is 0.510 e. The van der Waals surface area contributed by atoms with E-state index in [1.54, 1.807) is 16.2 Å². The number of nitrogens with one attached hydrogen (secondary N) is 1. The van der Waals surface area contributed by atoms with E-state index in [0.717, 1.165) is 16.3 Å². The van der Waals surface area contributed by atoms with Crippen LogP contribution in [0.25, 0.3) is 16.1 Å². The topological polar surface area (TPSA) is 60.2 Å². The van der Waals surface area contributed by atoms with Crippen LogP contribution in [0.15, 0.2) is 59.0 Å². The maximum atomic E-state index is 10.4. The molecular formula is C17H13N3OS2. The number of benzene rings is 1. The number of thiophene rings is 1. The Morgan fingerprint density at radius 1 is 1.09 bits per heavy atom. The Balaban J connectivity index is 1.67. The zero-order chi connectivity index (χ0) is 15.8. The second kappa shape index (κ2) is 5.64. The Morgan fingerprint density at radius 3 is 2.65 bits per heavy atom. The molecule has 0 atom stereocenters. The van der Waals surface area contributed by atoms with Crippen molar-refractivity contribution in [1.82, 2.24) is 4.98 Å². The van der Waals surface area contributed by atoms with Crippen LogP contribution >= 0.6 is 22.7 Å². The molecule has 2 aromatic heterocycles. The molecule has 0 unspecified atom stereocenters. The van der Waals surface area contributed by atoms with Gasteiger partial charge in [-0.2, -0.15) is 0 Å². The molecule has 114 valence electrons. The average molecular weight is 339 g/mol. The van der Waals surface area contributed by atoms with E-state index in [2.05, 4.69) is 4.98 Å². The number of hydrogen-bond donors (Lipinski definition) is 2. The van der Waals surface area contributed by atoms with Crippen LogP contribution < -0.4 is 4.90 Å². The molecule has 6 heteroatoms. The van der Waals surface area contributed by atoms with Gasteiger partial charge in [0.1, 0.15) is 16.6 Å². The van der Waals surface area contributed by atoms with E-state index in [9.17, 15) is 5.11 Å². The Bertz CT molecular complexity index is 882. The highest BCUT2D eigenvalue weighted by Gasteiger charge is 2.31. The van der Waals surface area contributed by atoms with Crippen molar-refractivity contribution in [2.24, 2.45) is 0 Å². The number of anilines is 1. The molecule has 0 radical (unpaired) electrons. The van der Waals surface area contributed by atoms with E-state index in [-0.39, 0.29) is 5.76 Å². The number of nitrogens with zero attached hydrogens (tertiary/aromatic N) is 2. The third-order valence-electron chi connectivity index (χ3n) is 3.66. The zero-order valence-corrected chi connectivity index (χ0v) is 13.7. The summed E-state index contributed by atoms with van der Waals surface area (Å²) in [6, 6.07) is 13.7. The second-order valence-corrected chi connectivity index (χ2v) is 6.91. The number of para-hydroxylation sites is 1. The van der Waals surface area contributed by atoms with Gasteiger partial charge in [-0.3, -0.25) is 5.41 Å². The second-order valence-electron chi connectivity index (χ2n) is 5.11. The van der Waals surface area contributed by atoms with E-state index in [1.807, 2.05) is 53.2 Å². The van der Waals surface area contributed by atoms with E-state index >= 15 is 0 Å². The first-order valence-electron chi connectivity index (χ1n) is 7.07. The Labute approximate surface area is 141 Å². The predicted octanol–water partition coefficient (Wildman–Crippen LogP) is 4.64. The molecule has 3 aromatic rings. The van der Waals surface area contributed by atoms with Crippen molar-refractivity contribution in [3.63, 3.8) is 0 Å². The average Bonchev–Trinajstić information content (AvgIpc) is 3.28. The summed E-state index contributed by atoms with van der Waals surface area (Å²) in [6.07, 6.45) is 0. The molecule has 3 heterocycles. The minimum atomic E-state index is 0.200. The van der Waals surface area contributed by atoms with E-state index in [0.29, 0.717) is 23.0 Å². The Kier molecular flexibility index (Phi) is 3.48. The molecule has 4 rings (SSSR count). The van der Waals surface area contributed by atoms with Gasteiger partial charge in [-0.1, -0.05) is 24.3 Å². The number of amidine groups is 1. The monoisotopic (exact) mass is 339 g/mol. The van der Waals surface area contributed by atoms with Crippen molar-refractivity contribution < 1.29 is 5.11 Å². The molecule has 4 nitrogen and oxygen atoms in total. The van der Waals surface area contributed by atoms with Crippen molar-refractivity contribution in [2.75, 3.05) is 11.4 Å². The normalized spacial score (nSPS) is 14.8. The van der Waals surface area contributed by atoms with Gasteiger partial charge >= 0.3 is 0 Å².